The zero-order valence-electron chi connectivity index (χ0n) is 10.0. The van der Waals surface area contributed by atoms with Crippen LogP contribution in [0.15, 0.2) is 35.4 Å². The smallest absolute Gasteiger partial charge is 0.304 e. The molecule has 6 nitrogen and oxygen atoms in total. The molecule has 1 aromatic carbocycles. The molecule has 0 saturated carbocycles. The number of nitrogens with one attached hydrogen (secondary N) is 1. The Bertz CT molecular complexity index is 492. The van der Waals surface area contributed by atoms with Crippen LogP contribution < -0.4 is 5.43 Å². The Morgan fingerprint density at radius 2 is 2.16 bits per heavy atom. The third kappa shape index (κ3) is 3.72. The number of carbonyl (C=O) groups excluding carboxylic acids is 1. The monoisotopic (exact) mass is 279 g/mol. The molecule has 0 saturated heterocycles. The summed E-state index contributed by atoms with van der Waals surface area (Å²) in [6.45, 7) is 0. The van der Waals surface area contributed by atoms with Gasteiger partial charge in [-0.3, -0.25) is 15.0 Å². The van der Waals surface area contributed by atoms with E-state index < -0.39 is 11.2 Å². The summed E-state index contributed by atoms with van der Waals surface area (Å²) in [7, 11) is 0. The van der Waals surface area contributed by atoms with E-state index in [1.807, 2.05) is 30.3 Å². The van der Waals surface area contributed by atoms with Crippen LogP contribution in [0.2, 0.25) is 0 Å². The van der Waals surface area contributed by atoms with Gasteiger partial charge in [0, 0.05) is 12.0 Å². The van der Waals surface area contributed by atoms with Crippen LogP contribution in [0.4, 0.5) is 5.69 Å². The van der Waals surface area contributed by atoms with Crippen LogP contribution in [0.1, 0.15) is 6.42 Å². The van der Waals surface area contributed by atoms with Gasteiger partial charge >= 0.3 is 5.97 Å². The van der Waals surface area contributed by atoms with Gasteiger partial charge in [0.1, 0.15) is 5.25 Å². The SMILES string of the molecule is O=C(O)CCSC1C=NN(Nc2ccccc2)C1=O. The molecule has 1 aliphatic rings. The maximum atomic E-state index is 12.0. The predicted molar refractivity (Wildman–Crippen MR) is 73.9 cm³/mol. The van der Waals surface area contributed by atoms with Gasteiger partial charge in [0.05, 0.1) is 12.1 Å². The van der Waals surface area contributed by atoms with Gasteiger partial charge in [0.15, 0.2) is 0 Å². The fourth-order valence-electron chi connectivity index (χ4n) is 1.47. The van der Waals surface area contributed by atoms with Crippen molar-refractivity contribution in [3.05, 3.63) is 30.3 Å². The second kappa shape index (κ2) is 6.24. The number of benzene rings is 1. The summed E-state index contributed by atoms with van der Waals surface area (Å²) >= 11 is 1.27. The zero-order chi connectivity index (χ0) is 13.7. The number of thioether (sulfide) groups is 1. The number of carboxylic acid groups (broad SMARTS) is 1. The number of hydrazone groups is 1. The summed E-state index contributed by atoms with van der Waals surface area (Å²) in [6, 6.07) is 9.24. The van der Waals surface area contributed by atoms with E-state index in [-0.39, 0.29) is 12.3 Å². The molecule has 1 aromatic rings. The van der Waals surface area contributed by atoms with Crippen LogP contribution in [0.25, 0.3) is 0 Å². The molecule has 1 heterocycles. The van der Waals surface area contributed by atoms with Gasteiger partial charge in [-0.25, -0.2) is 0 Å². The minimum atomic E-state index is -0.867. The molecule has 7 heteroatoms. The second-order valence-corrected chi connectivity index (χ2v) is 5.08. The highest BCUT2D eigenvalue weighted by molar-refractivity contribution is 8.01. The number of rotatable bonds is 6. The Kier molecular flexibility index (Phi) is 4.40. The largest absolute Gasteiger partial charge is 0.481 e. The van der Waals surface area contributed by atoms with Crippen molar-refractivity contribution in [1.82, 2.24) is 5.12 Å². The second-order valence-electron chi connectivity index (χ2n) is 3.83. The average Bonchev–Trinajstić information content (AvgIpc) is 2.72. The van der Waals surface area contributed by atoms with Crippen molar-refractivity contribution in [2.24, 2.45) is 5.10 Å². The molecule has 1 amide bonds. The van der Waals surface area contributed by atoms with E-state index in [1.54, 1.807) is 0 Å². The Labute approximate surface area is 114 Å². The summed E-state index contributed by atoms with van der Waals surface area (Å²) in [6.07, 6.45) is 1.55. The van der Waals surface area contributed by atoms with Crippen LogP contribution in [-0.2, 0) is 9.59 Å². The average molecular weight is 279 g/mol. The fourth-order valence-corrected chi connectivity index (χ4v) is 2.40. The van der Waals surface area contributed by atoms with Crippen molar-refractivity contribution in [1.29, 1.82) is 0 Å². The molecule has 1 atom stereocenters. The predicted octanol–water partition coefficient (Wildman–Crippen LogP) is 1.42. The number of hydrazine groups is 1. The van der Waals surface area contributed by atoms with Crippen molar-refractivity contribution in [3.63, 3.8) is 0 Å². The standard InChI is InChI=1S/C12H13N3O3S/c16-11(17)6-7-19-10-8-13-15(12(10)18)14-9-4-2-1-3-5-9/h1-5,8,10,14H,6-7H2,(H,16,17). The third-order valence-electron chi connectivity index (χ3n) is 2.39. The summed E-state index contributed by atoms with van der Waals surface area (Å²) in [5.41, 5.74) is 3.64. The van der Waals surface area contributed by atoms with Gasteiger partial charge in [-0.2, -0.15) is 5.10 Å². The Morgan fingerprint density at radius 1 is 1.42 bits per heavy atom. The number of aliphatic carboxylic acids is 1. The lowest BCUT2D eigenvalue weighted by Crippen LogP contribution is -2.32. The maximum absolute atomic E-state index is 12.0. The van der Waals surface area contributed by atoms with Crippen LogP contribution >= 0.6 is 11.8 Å². The van der Waals surface area contributed by atoms with E-state index in [2.05, 4.69) is 10.5 Å². The number of para-hydroxylation sites is 1. The van der Waals surface area contributed by atoms with Gasteiger partial charge in [-0.1, -0.05) is 18.2 Å². The van der Waals surface area contributed by atoms with E-state index in [4.69, 9.17) is 5.11 Å². The molecular weight excluding hydrogens is 266 g/mol. The summed E-state index contributed by atoms with van der Waals surface area (Å²) in [5.74, 6) is -0.676. The molecule has 2 N–H and O–H groups in total. The van der Waals surface area contributed by atoms with Crippen LogP contribution in [0.5, 0.6) is 0 Å². The normalized spacial score (nSPS) is 17.8. The van der Waals surface area contributed by atoms with Gasteiger partial charge < -0.3 is 5.11 Å². The molecule has 0 aliphatic carbocycles. The number of anilines is 1. The van der Waals surface area contributed by atoms with Crippen molar-refractivity contribution in [2.75, 3.05) is 11.2 Å². The highest BCUT2D eigenvalue weighted by atomic mass is 32.2. The van der Waals surface area contributed by atoms with Crippen molar-refractivity contribution in [2.45, 2.75) is 11.7 Å². The fraction of sp³-hybridized carbons (Fsp3) is 0.250. The first-order valence-corrected chi connectivity index (χ1v) is 6.75. The van der Waals surface area contributed by atoms with Gasteiger partial charge in [-0.15, -0.1) is 16.9 Å². The third-order valence-corrected chi connectivity index (χ3v) is 3.51. The van der Waals surface area contributed by atoms with E-state index in [9.17, 15) is 9.59 Å². The van der Waals surface area contributed by atoms with Gasteiger partial charge in [-0.05, 0) is 12.1 Å². The lowest BCUT2D eigenvalue weighted by molar-refractivity contribution is -0.136. The molecule has 0 bridgehead atoms. The summed E-state index contributed by atoms with van der Waals surface area (Å²) in [5, 5.41) is 13.3. The molecule has 0 aromatic heterocycles. The van der Waals surface area contributed by atoms with E-state index >= 15 is 0 Å². The first-order valence-electron chi connectivity index (χ1n) is 5.70. The highest BCUT2D eigenvalue weighted by Gasteiger charge is 2.29. The maximum Gasteiger partial charge on any atom is 0.304 e. The summed E-state index contributed by atoms with van der Waals surface area (Å²) < 4.78 is 0. The topological polar surface area (TPSA) is 82.0 Å². The number of hydrogen-bond donors (Lipinski definition) is 2. The van der Waals surface area contributed by atoms with Crippen molar-refractivity contribution < 1.29 is 14.7 Å². The first kappa shape index (κ1) is 13.4. The van der Waals surface area contributed by atoms with Crippen molar-refractivity contribution >= 4 is 35.5 Å². The lowest BCUT2D eigenvalue weighted by atomic mass is 10.3. The van der Waals surface area contributed by atoms with Crippen LogP contribution in [0, 0.1) is 0 Å². The minimum Gasteiger partial charge on any atom is -0.481 e. The molecule has 1 aliphatic heterocycles. The summed E-state index contributed by atoms with van der Waals surface area (Å²) in [4.78, 5) is 22.4. The number of amides is 1. The molecule has 0 spiro atoms. The Hall–Kier alpha value is -2.02. The number of carboxylic acids is 1. The highest BCUT2D eigenvalue weighted by Crippen LogP contribution is 2.19. The number of hydrogen-bond acceptors (Lipinski definition) is 5. The van der Waals surface area contributed by atoms with E-state index in [0.717, 1.165) is 5.69 Å². The number of carbonyl (C=O) groups is 2. The molecule has 0 radical (unpaired) electrons. The molecule has 0 fully saturated rings. The van der Waals surface area contributed by atoms with Gasteiger partial charge in [0.25, 0.3) is 5.91 Å². The molecule has 2 rings (SSSR count). The lowest BCUT2D eigenvalue weighted by Gasteiger charge is -2.15. The van der Waals surface area contributed by atoms with Crippen LogP contribution in [-0.4, -0.2) is 39.3 Å². The first-order chi connectivity index (χ1) is 9.16. The quantitative estimate of drug-likeness (QED) is 0.823. The zero-order valence-corrected chi connectivity index (χ0v) is 10.8. The Morgan fingerprint density at radius 3 is 2.84 bits per heavy atom. The number of nitrogens with zero attached hydrogens (tertiary/aromatic N) is 2. The molecule has 1 unspecified atom stereocenters. The van der Waals surface area contributed by atoms with Crippen LogP contribution in [0.3, 0.4) is 0 Å². The molecular formula is C12H13N3O3S. The van der Waals surface area contributed by atoms with Crippen molar-refractivity contribution in [3.8, 4) is 0 Å². The molecule has 19 heavy (non-hydrogen) atoms. The van der Waals surface area contributed by atoms with E-state index in [0.29, 0.717) is 5.75 Å². The van der Waals surface area contributed by atoms with E-state index in [1.165, 1.54) is 23.1 Å². The molecule has 100 valence electrons. The Balaban J connectivity index is 1.85. The van der Waals surface area contributed by atoms with Gasteiger partial charge in [0.2, 0.25) is 0 Å². The minimum absolute atomic E-state index is 0.0361.